The number of anilines is 1. The minimum Gasteiger partial charge on any atom is -0.493 e. The summed E-state index contributed by atoms with van der Waals surface area (Å²) < 4.78 is 11.7. The Labute approximate surface area is 118 Å². The Morgan fingerprint density at radius 1 is 1.50 bits per heavy atom. The van der Waals surface area contributed by atoms with Gasteiger partial charge in [0, 0.05) is 24.2 Å². The van der Waals surface area contributed by atoms with E-state index in [2.05, 4.69) is 18.3 Å². The lowest BCUT2D eigenvalue weighted by Gasteiger charge is -2.39. The lowest BCUT2D eigenvalue weighted by atomic mass is 9.67. The molecule has 0 saturated heterocycles. The van der Waals surface area contributed by atoms with Gasteiger partial charge in [-0.3, -0.25) is 0 Å². The molecule has 0 radical (unpaired) electrons. The first-order chi connectivity index (χ1) is 9.65. The monoisotopic (exact) mass is 273 g/mol. The van der Waals surface area contributed by atoms with E-state index in [-0.39, 0.29) is 11.5 Å². The van der Waals surface area contributed by atoms with Gasteiger partial charge in [0.1, 0.15) is 6.10 Å². The molecule has 1 aliphatic carbocycles. The van der Waals surface area contributed by atoms with Crippen LogP contribution >= 0.6 is 0 Å². The van der Waals surface area contributed by atoms with Crippen molar-refractivity contribution >= 4 is 5.69 Å². The van der Waals surface area contributed by atoms with Crippen LogP contribution < -0.4 is 14.8 Å². The minimum atomic E-state index is -0.412. The van der Waals surface area contributed by atoms with Gasteiger partial charge in [0.05, 0.1) is 18.6 Å². The third-order valence-corrected chi connectivity index (χ3v) is 4.87. The maximum atomic E-state index is 9.90. The van der Waals surface area contributed by atoms with Crippen LogP contribution in [-0.2, 0) is 5.41 Å². The Kier molecular flexibility index (Phi) is 2.37. The first kappa shape index (κ1) is 12.1. The number of aliphatic hydroxyl groups is 1. The highest BCUT2D eigenvalue weighted by molar-refractivity contribution is 5.74. The largest absolute Gasteiger partial charge is 0.493 e. The van der Waals surface area contributed by atoms with Crippen molar-refractivity contribution in [2.24, 2.45) is 0 Å². The summed E-state index contributed by atoms with van der Waals surface area (Å²) in [6.45, 7) is 3.03. The van der Waals surface area contributed by atoms with Crippen molar-refractivity contribution in [1.29, 1.82) is 0 Å². The first-order valence-electron chi connectivity index (χ1n) is 7.16. The molecule has 20 heavy (non-hydrogen) atoms. The quantitative estimate of drug-likeness (QED) is 0.770. The fourth-order valence-electron chi connectivity index (χ4n) is 3.91. The molecule has 0 fully saturated rings. The zero-order valence-corrected chi connectivity index (χ0v) is 11.8. The van der Waals surface area contributed by atoms with Crippen molar-refractivity contribution in [3.05, 3.63) is 29.3 Å². The zero-order valence-electron chi connectivity index (χ0n) is 11.8. The van der Waals surface area contributed by atoms with Crippen LogP contribution in [0.25, 0.3) is 0 Å². The number of benzene rings is 1. The van der Waals surface area contributed by atoms with Crippen molar-refractivity contribution in [3.8, 4) is 11.5 Å². The van der Waals surface area contributed by atoms with Crippen LogP contribution in [0.3, 0.4) is 0 Å². The van der Waals surface area contributed by atoms with Gasteiger partial charge >= 0.3 is 0 Å². The van der Waals surface area contributed by atoms with Crippen molar-refractivity contribution in [3.63, 3.8) is 0 Å². The molecule has 0 saturated carbocycles. The number of hydrogen-bond acceptors (Lipinski definition) is 4. The Bertz CT molecular complexity index is 610. The second-order valence-electron chi connectivity index (χ2n) is 5.96. The van der Waals surface area contributed by atoms with E-state index in [1.165, 1.54) is 16.8 Å². The van der Waals surface area contributed by atoms with Gasteiger partial charge in [-0.15, -0.1) is 0 Å². The third kappa shape index (κ3) is 1.35. The van der Waals surface area contributed by atoms with E-state index in [0.29, 0.717) is 6.42 Å². The zero-order chi connectivity index (χ0) is 13.9. The highest BCUT2D eigenvalue weighted by Crippen LogP contribution is 2.58. The van der Waals surface area contributed by atoms with Gasteiger partial charge < -0.3 is 19.9 Å². The van der Waals surface area contributed by atoms with Gasteiger partial charge in [-0.2, -0.15) is 0 Å². The summed E-state index contributed by atoms with van der Waals surface area (Å²) >= 11 is 0. The predicted octanol–water partition coefficient (Wildman–Crippen LogP) is 2.14. The van der Waals surface area contributed by atoms with E-state index in [1.807, 2.05) is 12.1 Å². The first-order valence-corrected chi connectivity index (χ1v) is 7.16. The molecule has 2 N–H and O–H groups in total. The summed E-state index contributed by atoms with van der Waals surface area (Å²) in [5.74, 6) is 1.64. The number of hydrogen-bond donors (Lipinski definition) is 2. The Morgan fingerprint density at radius 3 is 3.15 bits per heavy atom. The van der Waals surface area contributed by atoms with E-state index in [1.54, 1.807) is 7.11 Å². The van der Waals surface area contributed by atoms with Crippen molar-refractivity contribution in [2.45, 2.75) is 37.4 Å². The van der Waals surface area contributed by atoms with Crippen LogP contribution in [0.15, 0.2) is 18.2 Å². The van der Waals surface area contributed by atoms with Crippen molar-refractivity contribution in [2.75, 3.05) is 19.0 Å². The molecule has 4 rings (SSSR count). The van der Waals surface area contributed by atoms with E-state index < -0.39 is 6.10 Å². The summed E-state index contributed by atoms with van der Waals surface area (Å²) in [6, 6.07) is 2.03. The number of aliphatic hydroxyl groups excluding tert-OH is 1. The summed E-state index contributed by atoms with van der Waals surface area (Å²) in [5.41, 5.74) is 3.47. The number of rotatable bonds is 1. The molecule has 1 aromatic carbocycles. The van der Waals surface area contributed by atoms with Gasteiger partial charge in [0.2, 0.25) is 0 Å². The van der Waals surface area contributed by atoms with E-state index in [0.717, 1.165) is 24.5 Å². The normalized spacial score (nSPS) is 33.0. The highest BCUT2D eigenvalue weighted by Gasteiger charge is 2.53. The molecule has 4 nitrogen and oxygen atoms in total. The maximum Gasteiger partial charge on any atom is 0.167 e. The molecule has 4 heteroatoms. The molecule has 2 unspecified atom stereocenters. The second-order valence-corrected chi connectivity index (χ2v) is 5.96. The molecule has 0 bridgehead atoms. The summed E-state index contributed by atoms with van der Waals surface area (Å²) in [4.78, 5) is 0. The molecule has 3 aliphatic rings. The Hall–Kier alpha value is -1.68. The maximum absolute atomic E-state index is 9.90. The minimum absolute atomic E-state index is 0.00838. The van der Waals surface area contributed by atoms with E-state index in [9.17, 15) is 5.11 Å². The SMILES string of the molecule is COc1cc(C)c2c3c1OC1C[C@@H](O)C=CC31CCN2. The lowest BCUT2D eigenvalue weighted by molar-refractivity contribution is 0.0853. The van der Waals surface area contributed by atoms with Gasteiger partial charge in [-0.1, -0.05) is 12.2 Å². The van der Waals surface area contributed by atoms with Crippen LogP contribution in [0, 0.1) is 6.92 Å². The lowest BCUT2D eigenvalue weighted by Crippen LogP contribution is -2.45. The van der Waals surface area contributed by atoms with Crippen LogP contribution in [0.1, 0.15) is 24.0 Å². The molecule has 106 valence electrons. The van der Waals surface area contributed by atoms with E-state index in [4.69, 9.17) is 9.47 Å². The van der Waals surface area contributed by atoms with Crippen molar-refractivity contribution < 1.29 is 14.6 Å². The predicted molar refractivity (Wildman–Crippen MR) is 76.7 cm³/mol. The fourth-order valence-corrected chi connectivity index (χ4v) is 3.91. The number of aryl methyl sites for hydroxylation is 1. The summed E-state index contributed by atoms with van der Waals surface area (Å²) in [6.07, 6.45) is 5.31. The van der Waals surface area contributed by atoms with Crippen LogP contribution in [-0.4, -0.2) is 31.0 Å². The van der Waals surface area contributed by atoms with Gasteiger partial charge in [-0.25, -0.2) is 0 Å². The van der Waals surface area contributed by atoms with Crippen molar-refractivity contribution in [1.82, 2.24) is 0 Å². The molecule has 0 amide bonds. The Balaban J connectivity index is 2.00. The molecular weight excluding hydrogens is 254 g/mol. The summed E-state index contributed by atoms with van der Waals surface area (Å²) in [5, 5.41) is 13.4. The van der Waals surface area contributed by atoms with E-state index >= 15 is 0 Å². The molecular formula is C16H19NO3. The molecule has 1 aromatic rings. The van der Waals surface area contributed by atoms with Crippen LogP contribution in [0.2, 0.25) is 0 Å². The fraction of sp³-hybridized carbons (Fsp3) is 0.500. The molecule has 3 atom stereocenters. The number of methoxy groups -OCH3 is 1. The van der Waals surface area contributed by atoms with Gasteiger partial charge in [0.25, 0.3) is 0 Å². The topological polar surface area (TPSA) is 50.7 Å². The number of ether oxygens (including phenoxy) is 2. The molecule has 1 spiro atoms. The Morgan fingerprint density at radius 2 is 2.35 bits per heavy atom. The second kappa shape index (κ2) is 3.92. The highest BCUT2D eigenvalue weighted by atomic mass is 16.5. The standard InChI is InChI=1S/C16H19NO3/c1-9-7-11(19-2)15-13-14(9)17-6-5-16(13)4-3-10(18)8-12(16)20-15/h3-4,7,10,12,17-18H,5-6,8H2,1-2H3/t10-,12?,16?/m0/s1. The van der Waals surface area contributed by atoms with Gasteiger partial charge in [0.15, 0.2) is 11.5 Å². The third-order valence-electron chi connectivity index (χ3n) is 4.87. The number of nitrogens with one attached hydrogen (secondary N) is 1. The average molecular weight is 273 g/mol. The molecule has 2 aliphatic heterocycles. The smallest absolute Gasteiger partial charge is 0.167 e. The summed E-state index contributed by atoms with van der Waals surface area (Å²) in [7, 11) is 1.68. The molecule has 0 aromatic heterocycles. The molecule has 2 heterocycles. The van der Waals surface area contributed by atoms with Gasteiger partial charge in [-0.05, 0) is 25.0 Å². The van der Waals surface area contributed by atoms with Crippen LogP contribution in [0.4, 0.5) is 5.69 Å². The van der Waals surface area contributed by atoms with Crippen LogP contribution in [0.5, 0.6) is 11.5 Å². The average Bonchev–Trinajstić information content (AvgIpc) is 2.78.